The third-order valence-corrected chi connectivity index (χ3v) is 3.28. The van der Waals surface area contributed by atoms with Crippen LogP contribution in [0.25, 0.3) is 0 Å². The summed E-state index contributed by atoms with van der Waals surface area (Å²) >= 11 is 0. The van der Waals surface area contributed by atoms with Crippen molar-refractivity contribution in [2.45, 2.75) is 25.9 Å². The summed E-state index contributed by atoms with van der Waals surface area (Å²) in [6, 6.07) is 11.1. The van der Waals surface area contributed by atoms with Gasteiger partial charge in [0, 0.05) is 25.7 Å². The summed E-state index contributed by atoms with van der Waals surface area (Å²) in [6.07, 6.45) is 1.13. The van der Waals surface area contributed by atoms with E-state index < -0.39 is 0 Å². The fourth-order valence-electron chi connectivity index (χ4n) is 2.39. The van der Waals surface area contributed by atoms with Gasteiger partial charge in [0.15, 0.2) is 0 Å². The first kappa shape index (κ1) is 10.7. The first-order valence-corrected chi connectivity index (χ1v) is 5.68. The minimum Gasteiger partial charge on any atom is -0.396 e. The van der Waals surface area contributed by atoms with Gasteiger partial charge in [-0.3, -0.25) is 4.90 Å². The van der Waals surface area contributed by atoms with Crippen molar-refractivity contribution in [2.75, 3.05) is 13.2 Å². The van der Waals surface area contributed by atoms with Gasteiger partial charge in [-0.25, -0.2) is 0 Å². The molecule has 0 spiro atoms. The second kappa shape index (κ2) is 4.77. The van der Waals surface area contributed by atoms with Gasteiger partial charge in [0.2, 0.25) is 0 Å². The van der Waals surface area contributed by atoms with Crippen LogP contribution in [0.3, 0.4) is 0 Å². The predicted octanol–water partition coefficient (Wildman–Crippen LogP) is 1.89. The smallest absolute Gasteiger partial charge is 0.0472 e. The van der Waals surface area contributed by atoms with Gasteiger partial charge < -0.3 is 5.11 Å². The van der Waals surface area contributed by atoms with E-state index in [1.807, 2.05) is 6.07 Å². The van der Waals surface area contributed by atoms with E-state index in [0.717, 1.165) is 19.5 Å². The lowest BCUT2D eigenvalue weighted by molar-refractivity contribution is 0.215. The Labute approximate surface area is 91.5 Å². The van der Waals surface area contributed by atoms with E-state index in [-0.39, 0.29) is 0 Å². The molecule has 0 bridgehead atoms. The van der Waals surface area contributed by atoms with Crippen molar-refractivity contribution >= 4 is 0 Å². The van der Waals surface area contributed by atoms with Crippen LogP contribution in [0.2, 0.25) is 0 Å². The molecule has 1 N–H and O–H groups in total. The predicted molar refractivity (Wildman–Crippen MR) is 61.5 cm³/mol. The Morgan fingerprint density at radius 3 is 2.67 bits per heavy atom. The summed E-state index contributed by atoms with van der Waals surface area (Å²) in [7, 11) is 0. The maximum absolute atomic E-state index is 9.14. The molecule has 0 aliphatic carbocycles. The summed E-state index contributed by atoms with van der Waals surface area (Å²) in [4.78, 5) is 2.45. The molecular weight excluding hydrogens is 186 g/mol. The number of benzene rings is 1. The van der Waals surface area contributed by atoms with Gasteiger partial charge in [0.05, 0.1) is 0 Å². The Bertz CT molecular complexity index is 299. The molecular formula is C13H19NO. The fraction of sp³-hybridized carbons (Fsp3) is 0.538. The van der Waals surface area contributed by atoms with Gasteiger partial charge in [-0.2, -0.15) is 0 Å². The van der Waals surface area contributed by atoms with Crippen LogP contribution < -0.4 is 0 Å². The third-order valence-electron chi connectivity index (χ3n) is 3.28. The number of likely N-dealkylation sites (tertiary alicyclic amines) is 1. The standard InChI is InChI=1S/C13H19NO/c1-11-7-13(10-15)9-14(11)8-12-5-3-2-4-6-12/h2-6,11,13,15H,7-10H2,1H3/t11-,13-/m1/s1. The topological polar surface area (TPSA) is 23.5 Å². The molecule has 82 valence electrons. The van der Waals surface area contributed by atoms with Crippen LogP contribution in [0.4, 0.5) is 0 Å². The molecule has 2 heteroatoms. The molecule has 2 nitrogen and oxygen atoms in total. The Morgan fingerprint density at radius 1 is 1.33 bits per heavy atom. The normalized spacial score (nSPS) is 27.1. The second-order valence-electron chi connectivity index (χ2n) is 4.55. The van der Waals surface area contributed by atoms with Crippen LogP contribution in [0, 0.1) is 5.92 Å². The number of hydrogen-bond acceptors (Lipinski definition) is 2. The number of rotatable bonds is 3. The molecule has 1 heterocycles. The molecule has 0 unspecified atom stereocenters. The molecule has 0 saturated carbocycles. The molecule has 0 amide bonds. The second-order valence-corrected chi connectivity index (χ2v) is 4.55. The number of aliphatic hydroxyl groups is 1. The van der Waals surface area contributed by atoms with Gasteiger partial charge >= 0.3 is 0 Å². The molecule has 1 saturated heterocycles. The summed E-state index contributed by atoms with van der Waals surface area (Å²) in [5.41, 5.74) is 1.36. The van der Waals surface area contributed by atoms with Gasteiger partial charge in [-0.05, 0) is 24.8 Å². The number of nitrogens with zero attached hydrogens (tertiary/aromatic N) is 1. The van der Waals surface area contributed by atoms with E-state index >= 15 is 0 Å². The van der Waals surface area contributed by atoms with E-state index in [9.17, 15) is 0 Å². The molecule has 2 rings (SSSR count). The Balaban J connectivity index is 1.96. The zero-order chi connectivity index (χ0) is 10.7. The minimum atomic E-state index is 0.329. The number of hydrogen-bond donors (Lipinski definition) is 1. The highest BCUT2D eigenvalue weighted by molar-refractivity contribution is 5.14. The highest BCUT2D eigenvalue weighted by Crippen LogP contribution is 2.24. The molecule has 1 aliphatic heterocycles. The molecule has 0 radical (unpaired) electrons. The Hall–Kier alpha value is -0.860. The van der Waals surface area contributed by atoms with Crippen LogP contribution >= 0.6 is 0 Å². The van der Waals surface area contributed by atoms with Gasteiger partial charge in [-0.15, -0.1) is 0 Å². The summed E-state index contributed by atoms with van der Waals surface area (Å²) in [5, 5.41) is 9.14. The number of aliphatic hydroxyl groups excluding tert-OH is 1. The quantitative estimate of drug-likeness (QED) is 0.814. The highest BCUT2D eigenvalue weighted by atomic mass is 16.3. The Morgan fingerprint density at radius 2 is 2.07 bits per heavy atom. The van der Waals surface area contributed by atoms with Crippen LogP contribution in [0.1, 0.15) is 18.9 Å². The summed E-state index contributed by atoms with van der Waals surface area (Å²) in [6.45, 7) is 4.62. The largest absolute Gasteiger partial charge is 0.396 e. The fourth-order valence-corrected chi connectivity index (χ4v) is 2.39. The van der Waals surface area contributed by atoms with Crippen LogP contribution in [-0.2, 0) is 6.54 Å². The minimum absolute atomic E-state index is 0.329. The first-order chi connectivity index (χ1) is 7.29. The van der Waals surface area contributed by atoms with Crippen molar-refractivity contribution in [3.05, 3.63) is 35.9 Å². The molecule has 1 aliphatic rings. The van der Waals surface area contributed by atoms with E-state index in [0.29, 0.717) is 18.6 Å². The maximum atomic E-state index is 9.14. The van der Waals surface area contributed by atoms with Crippen LogP contribution in [0.5, 0.6) is 0 Å². The van der Waals surface area contributed by atoms with E-state index in [1.54, 1.807) is 0 Å². The Kier molecular flexibility index (Phi) is 3.39. The van der Waals surface area contributed by atoms with Crippen molar-refractivity contribution < 1.29 is 5.11 Å². The zero-order valence-corrected chi connectivity index (χ0v) is 9.26. The average molecular weight is 205 g/mol. The maximum Gasteiger partial charge on any atom is 0.0472 e. The molecule has 1 aromatic carbocycles. The average Bonchev–Trinajstić information content (AvgIpc) is 2.61. The SMILES string of the molecule is C[C@@H]1C[C@@H](CO)CN1Cc1ccccc1. The monoisotopic (exact) mass is 205 g/mol. The van der Waals surface area contributed by atoms with Gasteiger partial charge in [0.25, 0.3) is 0 Å². The van der Waals surface area contributed by atoms with E-state index in [2.05, 4.69) is 36.1 Å². The zero-order valence-electron chi connectivity index (χ0n) is 9.26. The van der Waals surface area contributed by atoms with Gasteiger partial charge in [-0.1, -0.05) is 30.3 Å². The van der Waals surface area contributed by atoms with Crippen LogP contribution in [-0.4, -0.2) is 29.2 Å². The highest BCUT2D eigenvalue weighted by Gasteiger charge is 2.27. The van der Waals surface area contributed by atoms with E-state index in [1.165, 1.54) is 5.56 Å². The molecule has 2 atom stereocenters. The molecule has 1 aromatic rings. The van der Waals surface area contributed by atoms with Crippen molar-refractivity contribution in [1.82, 2.24) is 4.90 Å². The van der Waals surface area contributed by atoms with Crippen LogP contribution in [0.15, 0.2) is 30.3 Å². The molecule has 1 fully saturated rings. The van der Waals surface area contributed by atoms with Gasteiger partial charge in [0.1, 0.15) is 0 Å². The van der Waals surface area contributed by atoms with Crippen molar-refractivity contribution in [1.29, 1.82) is 0 Å². The van der Waals surface area contributed by atoms with Crippen molar-refractivity contribution in [2.24, 2.45) is 5.92 Å². The lowest BCUT2D eigenvalue weighted by Crippen LogP contribution is -2.26. The molecule has 0 aromatic heterocycles. The third kappa shape index (κ3) is 2.58. The lowest BCUT2D eigenvalue weighted by Gasteiger charge is -2.20. The van der Waals surface area contributed by atoms with E-state index in [4.69, 9.17) is 5.11 Å². The summed E-state index contributed by atoms with van der Waals surface area (Å²) < 4.78 is 0. The van der Waals surface area contributed by atoms with Crippen molar-refractivity contribution in [3.8, 4) is 0 Å². The lowest BCUT2D eigenvalue weighted by atomic mass is 10.1. The van der Waals surface area contributed by atoms with Crippen molar-refractivity contribution in [3.63, 3.8) is 0 Å². The first-order valence-electron chi connectivity index (χ1n) is 5.68. The molecule has 15 heavy (non-hydrogen) atoms. The summed E-state index contributed by atoms with van der Waals surface area (Å²) in [5.74, 6) is 0.476.